The summed E-state index contributed by atoms with van der Waals surface area (Å²) in [6, 6.07) is 11.1. The monoisotopic (exact) mass is 216 g/mol. The van der Waals surface area contributed by atoms with Gasteiger partial charge in [-0.25, -0.2) is 0 Å². The number of hydrogen-bond donors (Lipinski definition) is 1. The van der Waals surface area contributed by atoms with Crippen LogP contribution in [0, 0.1) is 0 Å². The maximum Gasteiger partial charge on any atom is 0.150 e. The first kappa shape index (κ1) is 10.6. The van der Waals surface area contributed by atoms with Crippen molar-refractivity contribution < 1.29 is 14.6 Å². The third-order valence-corrected chi connectivity index (χ3v) is 2.33. The second kappa shape index (κ2) is 4.77. The molecule has 0 aliphatic heterocycles. The van der Waals surface area contributed by atoms with Crippen LogP contribution >= 0.6 is 0 Å². The molecule has 0 amide bonds. The summed E-state index contributed by atoms with van der Waals surface area (Å²) in [5.41, 5.74) is 0.663. The molecule has 0 heterocycles. The minimum atomic E-state index is 0.00210. The molecule has 0 bridgehead atoms. The van der Waals surface area contributed by atoms with Crippen LogP contribution in [0.3, 0.4) is 0 Å². The lowest BCUT2D eigenvalue weighted by Gasteiger charge is -2.05. The maximum atomic E-state index is 10.6. The lowest BCUT2D eigenvalue weighted by atomic mass is 10.1. The van der Waals surface area contributed by atoms with E-state index in [1.165, 1.54) is 0 Å². The van der Waals surface area contributed by atoms with Crippen molar-refractivity contribution in [1.29, 1.82) is 0 Å². The van der Waals surface area contributed by atoms with Crippen molar-refractivity contribution in [3.63, 3.8) is 0 Å². The Labute approximate surface area is 93.3 Å². The standard InChI is InChI=1S/C13H12O3/c14-5-6-16-13-4-3-11-7-10(9-15)1-2-12(11)8-13/h1-4,7-9,14H,5-6H2. The van der Waals surface area contributed by atoms with Gasteiger partial charge in [-0.1, -0.05) is 18.2 Å². The van der Waals surface area contributed by atoms with E-state index in [0.717, 1.165) is 22.8 Å². The number of carbonyl (C=O) groups is 1. The first-order valence-corrected chi connectivity index (χ1v) is 5.06. The number of hydrogen-bond acceptors (Lipinski definition) is 3. The topological polar surface area (TPSA) is 46.5 Å². The summed E-state index contributed by atoms with van der Waals surface area (Å²) < 4.78 is 5.30. The molecule has 0 atom stereocenters. The van der Waals surface area contributed by atoms with Gasteiger partial charge in [0.1, 0.15) is 18.6 Å². The van der Waals surface area contributed by atoms with Gasteiger partial charge >= 0.3 is 0 Å². The molecule has 0 fully saturated rings. The zero-order valence-electron chi connectivity index (χ0n) is 8.72. The maximum absolute atomic E-state index is 10.6. The number of aliphatic hydroxyl groups is 1. The highest BCUT2D eigenvalue weighted by molar-refractivity contribution is 5.89. The number of aldehydes is 1. The van der Waals surface area contributed by atoms with Gasteiger partial charge in [0.2, 0.25) is 0 Å². The number of rotatable bonds is 4. The van der Waals surface area contributed by atoms with Crippen LogP contribution in [-0.4, -0.2) is 24.6 Å². The second-order valence-corrected chi connectivity index (χ2v) is 3.46. The Morgan fingerprint density at radius 1 is 1.12 bits per heavy atom. The van der Waals surface area contributed by atoms with Crippen LogP contribution in [-0.2, 0) is 0 Å². The molecule has 0 saturated carbocycles. The Bertz CT molecular complexity index is 506. The predicted molar refractivity (Wildman–Crippen MR) is 61.9 cm³/mol. The van der Waals surface area contributed by atoms with E-state index < -0.39 is 0 Å². The number of carbonyl (C=O) groups excluding carboxylic acids is 1. The van der Waals surface area contributed by atoms with Gasteiger partial charge in [0, 0.05) is 5.56 Å². The predicted octanol–water partition coefficient (Wildman–Crippen LogP) is 2.02. The molecule has 1 N–H and O–H groups in total. The van der Waals surface area contributed by atoms with E-state index in [9.17, 15) is 4.79 Å². The highest BCUT2D eigenvalue weighted by Gasteiger charge is 1.98. The summed E-state index contributed by atoms with van der Waals surface area (Å²) in [7, 11) is 0. The fraction of sp³-hybridized carbons (Fsp3) is 0.154. The average molecular weight is 216 g/mol. The molecular formula is C13H12O3. The fourth-order valence-corrected chi connectivity index (χ4v) is 1.57. The smallest absolute Gasteiger partial charge is 0.150 e. The molecule has 0 spiro atoms. The molecule has 2 aromatic carbocycles. The van der Waals surface area contributed by atoms with Gasteiger partial charge in [-0.2, -0.15) is 0 Å². The Balaban J connectivity index is 2.35. The fourth-order valence-electron chi connectivity index (χ4n) is 1.57. The van der Waals surface area contributed by atoms with Crippen LogP contribution < -0.4 is 4.74 Å². The molecule has 2 aromatic rings. The molecule has 3 heteroatoms. The lowest BCUT2D eigenvalue weighted by molar-refractivity contribution is 0.112. The van der Waals surface area contributed by atoms with Gasteiger partial charge < -0.3 is 9.84 Å². The van der Waals surface area contributed by atoms with Gasteiger partial charge in [-0.15, -0.1) is 0 Å². The number of aliphatic hydroxyl groups excluding tert-OH is 1. The zero-order chi connectivity index (χ0) is 11.4. The van der Waals surface area contributed by atoms with E-state index in [2.05, 4.69) is 0 Å². The van der Waals surface area contributed by atoms with Crippen LogP contribution in [0.1, 0.15) is 10.4 Å². The van der Waals surface area contributed by atoms with Crippen molar-refractivity contribution in [2.75, 3.05) is 13.2 Å². The molecular weight excluding hydrogens is 204 g/mol. The third kappa shape index (κ3) is 2.20. The highest BCUT2D eigenvalue weighted by atomic mass is 16.5. The Kier molecular flexibility index (Phi) is 3.17. The van der Waals surface area contributed by atoms with Crippen molar-refractivity contribution >= 4 is 17.1 Å². The molecule has 0 aromatic heterocycles. The molecule has 0 aliphatic carbocycles. The largest absolute Gasteiger partial charge is 0.491 e. The van der Waals surface area contributed by atoms with E-state index >= 15 is 0 Å². The molecule has 16 heavy (non-hydrogen) atoms. The summed E-state index contributed by atoms with van der Waals surface area (Å²) in [6.45, 7) is 0.292. The first-order chi connectivity index (χ1) is 7.83. The normalized spacial score (nSPS) is 10.3. The highest BCUT2D eigenvalue weighted by Crippen LogP contribution is 2.21. The van der Waals surface area contributed by atoms with Gasteiger partial charge in [-0.05, 0) is 29.0 Å². The van der Waals surface area contributed by atoms with Crippen LogP contribution in [0.5, 0.6) is 5.75 Å². The average Bonchev–Trinajstić information content (AvgIpc) is 2.35. The van der Waals surface area contributed by atoms with E-state index in [-0.39, 0.29) is 13.2 Å². The van der Waals surface area contributed by atoms with Crippen molar-refractivity contribution in [2.24, 2.45) is 0 Å². The summed E-state index contributed by atoms with van der Waals surface area (Å²) in [5.74, 6) is 0.723. The lowest BCUT2D eigenvalue weighted by Crippen LogP contribution is -2.01. The zero-order valence-corrected chi connectivity index (χ0v) is 8.72. The minimum absolute atomic E-state index is 0.00210. The van der Waals surface area contributed by atoms with Crippen molar-refractivity contribution in [3.05, 3.63) is 42.0 Å². The molecule has 0 radical (unpaired) electrons. The minimum Gasteiger partial charge on any atom is -0.491 e. The van der Waals surface area contributed by atoms with Crippen molar-refractivity contribution in [1.82, 2.24) is 0 Å². The van der Waals surface area contributed by atoms with E-state index in [1.54, 1.807) is 6.07 Å². The van der Waals surface area contributed by atoms with Crippen LogP contribution in [0.15, 0.2) is 36.4 Å². The third-order valence-electron chi connectivity index (χ3n) is 2.33. The Hall–Kier alpha value is -1.87. The molecule has 0 unspecified atom stereocenters. The first-order valence-electron chi connectivity index (χ1n) is 5.06. The van der Waals surface area contributed by atoms with E-state index in [4.69, 9.17) is 9.84 Å². The summed E-state index contributed by atoms with van der Waals surface area (Å²) in [5, 5.41) is 10.7. The van der Waals surface area contributed by atoms with Gasteiger partial charge in [0.05, 0.1) is 6.61 Å². The summed E-state index contributed by atoms with van der Waals surface area (Å²) >= 11 is 0. The van der Waals surface area contributed by atoms with E-state index in [1.807, 2.05) is 30.3 Å². The SMILES string of the molecule is O=Cc1ccc2cc(OCCO)ccc2c1. The van der Waals surface area contributed by atoms with Crippen molar-refractivity contribution in [2.45, 2.75) is 0 Å². The second-order valence-electron chi connectivity index (χ2n) is 3.46. The Morgan fingerprint density at radius 2 is 1.88 bits per heavy atom. The summed E-state index contributed by atoms with van der Waals surface area (Å²) in [6.07, 6.45) is 0.829. The molecule has 2 rings (SSSR count). The van der Waals surface area contributed by atoms with E-state index in [0.29, 0.717) is 5.56 Å². The van der Waals surface area contributed by atoms with Gasteiger partial charge in [0.25, 0.3) is 0 Å². The molecule has 82 valence electrons. The van der Waals surface area contributed by atoms with Gasteiger partial charge in [0.15, 0.2) is 0 Å². The van der Waals surface area contributed by atoms with Crippen LogP contribution in [0.2, 0.25) is 0 Å². The number of benzene rings is 2. The number of ether oxygens (including phenoxy) is 1. The van der Waals surface area contributed by atoms with Crippen LogP contribution in [0.25, 0.3) is 10.8 Å². The number of fused-ring (bicyclic) bond motifs is 1. The summed E-state index contributed by atoms with van der Waals surface area (Å²) in [4.78, 5) is 10.6. The van der Waals surface area contributed by atoms with Gasteiger partial charge in [-0.3, -0.25) is 4.79 Å². The molecule has 0 aliphatic rings. The quantitative estimate of drug-likeness (QED) is 0.795. The Morgan fingerprint density at radius 3 is 2.62 bits per heavy atom. The van der Waals surface area contributed by atoms with Crippen molar-refractivity contribution in [3.8, 4) is 5.75 Å². The molecule has 0 saturated heterocycles. The molecule has 3 nitrogen and oxygen atoms in total. The van der Waals surface area contributed by atoms with Crippen LogP contribution in [0.4, 0.5) is 0 Å².